The van der Waals surface area contributed by atoms with Crippen molar-refractivity contribution in [2.24, 2.45) is 5.41 Å². The Hall–Kier alpha value is -3.15. The van der Waals surface area contributed by atoms with Crippen LogP contribution in [0.15, 0.2) is 0 Å². The van der Waals surface area contributed by atoms with Crippen molar-refractivity contribution in [3.05, 3.63) is 0 Å². The molecule has 73 heavy (non-hydrogen) atoms. The van der Waals surface area contributed by atoms with Gasteiger partial charge in [0, 0.05) is 6.42 Å². The van der Waals surface area contributed by atoms with E-state index in [1.807, 2.05) is 0 Å². The molecule has 0 saturated carbocycles. The summed E-state index contributed by atoms with van der Waals surface area (Å²) in [7, 11) is 0. The van der Waals surface area contributed by atoms with Crippen LogP contribution in [0.3, 0.4) is 0 Å². The number of alkyl halides is 34. The Morgan fingerprint density at radius 2 is 0.575 bits per heavy atom. The number of hydrogen-bond acceptors (Lipinski definition) is 8. The van der Waals surface area contributed by atoms with Crippen LogP contribution in [-0.2, 0) is 38.0 Å². The molecule has 42 heteroatoms. The van der Waals surface area contributed by atoms with Gasteiger partial charge in [0.15, 0.2) is 5.79 Å². The van der Waals surface area contributed by atoms with Gasteiger partial charge in [-0.05, 0) is 33.6 Å². The van der Waals surface area contributed by atoms with Crippen molar-refractivity contribution in [3.63, 3.8) is 0 Å². The van der Waals surface area contributed by atoms with Gasteiger partial charge in [-0.3, -0.25) is 14.3 Å². The fourth-order valence-electron chi connectivity index (χ4n) is 4.68. The predicted octanol–water partition coefficient (Wildman–Crippen LogP) is 13.3. The van der Waals surface area contributed by atoms with E-state index in [1.54, 1.807) is 0 Å². The molecule has 0 rings (SSSR count). The molecular formula is C31H28F34O8. The highest BCUT2D eigenvalue weighted by molar-refractivity contribution is 5.75. The molecular weight excluding hydrogens is 1150 g/mol. The average Bonchev–Trinajstić information content (AvgIpc) is 3.14. The van der Waals surface area contributed by atoms with E-state index in [0.717, 1.165) is 0 Å². The molecule has 0 unspecified atom stereocenters. The third-order valence-corrected chi connectivity index (χ3v) is 9.20. The summed E-state index contributed by atoms with van der Waals surface area (Å²) < 4.78 is 482. The van der Waals surface area contributed by atoms with E-state index < -0.39 is 159 Å². The second-order valence-corrected chi connectivity index (χ2v) is 14.9. The lowest BCUT2D eigenvalue weighted by molar-refractivity contribution is -0.537. The first-order valence-corrected chi connectivity index (χ1v) is 18.1. The van der Waals surface area contributed by atoms with Crippen molar-refractivity contribution < 1.29 is 187 Å². The van der Waals surface area contributed by atoms with Crippen molar-refractivity contribution in [3.8, 4) is 0 Å². The molecule has 0 N–H and O–H groups in total. The average molecular weight is 1170 g/mol. The number of esters is 1. The molecule has 0 aromatic heterocycles. The van der Waals surface area contributed by atoms with Crippen molar-refractivity contribution >= 4 is 5.97 Å². The Kier molecular flexibility index (Phi) is 20.1. The van der Waals surface area contributed by atoms with E-state index >= 15 is 0 Å². The van der Waals surface area contributed by atoms with Gasteiger partial charge in [0.2, 0.25) is 0 Å². The second kappa shape index (κ2) is 21.0. The van der Waals surface area contributed by atoms with Crippen LogP contribution in [0, 0.1) is 5.41 Å². The first-order valence-electron chi connectivity index (χ1n) is 18.1. The fraction of sp³-hybridized carbons (Fsp3) is 0.968. The molecule has 438 valence electrons. The van der Waals surface area contributed by atoms with Gasteiger partial charge in [0.1, 0.15) is 0 Å². The number of ether oxygens (including phenoxy) is 7. The summed E-state index contributed by atoms with van der Waals surface area (Å²) in [5.74, 6) is -37.9. The summed E-state index contributed by atoms with van der Waals surface area (Å²) >= 11 is 0. The lowest BCUT2D eigenvalue weighted by Crippen LogP contribution is -2.73. The van der Waals surface area contributed by atoms with Gasteiger partial charge in [0.25, 0.3) is 0 Å². The van der Waals surface area contributed by atoms with Gasteiger partial charge in [0.05, 0.1) is 38.4 Å². The molecule has 0 atom stereocenters. The molecule has 0 spiro atoms. The quantitative estimate of drug-likeness (QED) is 0.0367. The van der Waals surface area contributed by atoms with Gasteiger partial charge in [-0.15, -0.1) is 0 Å². The van der Waals surface area contributed by atoms with Crippen LogP contribution < -0.4 is 0 Å². The summed E-state index contributed by atoms with van der Waals surface area (Å²) in [6, 6.07) is 0. The highest BCUT2D eigenvalue weighted by Gasteiger charge is 2.93. The maximum Gasteiger partial charge on any atom is 0.436 e. The van der Waals surface area contributed by atoms with Crippen LogP contribution in [0.2, 0.25) is 0 Å². The molecule has 0 radical (unpaired) electrons. The normalized spacial score (nSPS) is 16.1. The van der Waals surface area contributed by atoms with Crippen molar-refractivity contribution in [2.45, 2.75) is 149 Å². The van der Waals surface area contributed by atoms with Crippen LogP contribution in [0.4, 0.5) is 149 Å². The van der Waals surface area contributed by atoms with Crippen LogP contribution >= 0.6 is 0 Å². The van der Waals surface area contributed by atoms with Gasteiger partial charge in [-0.2, -0.15) is 149 Å². The molecule has 0 aliphatic heterocycles. The monoisotopic (exact) mass is 1170 g/mol. The van der Waals surface area contributed by atoms with Crippen molar-refractivity contribution in [1.29, 1.82) is 0 Å². The van der Waals surface area contributed by atoms with Crippen LogP contribution in [0.1, 0.15) is 47.0 Å². The number of hydrogen-bond donors (Lipinski definition) is 0. The molecule has 0 aliphatic rings. The van der Waals surface area contributed by atoms with E-state index in [1.165, 1.54) is 30.2 Å². The summed E-state index contributed by atoms with van der Waals surface area (Å²) in [4.78, 5) is 12.2. The highest BCUT2D eigenvalue weighted by Crippen LogP contribution is 2.63. The van der Waals surface area contributed by atoms with E-state index in [-0.39, 0.29) is 6.42 Å². The van der Waals surface area contributed by atoms with E-state index in [2.05, 4.69) is 18.9 Å². The third-order valence-electron chi connectivity index (χ3n) is 9.20. The minimum atomic E-state index is -8.62. The zero-order valence-corrected chi connectivity index (χ0v) is 35.3. The first-order chi connectivity index (χ1) is 31.5. The smallest absolute Gasteiger partial charge is 0.436 e. The molecule has 0 aromatic rings. The number of halogens is 34. The summed E-state index contributed by atoms with van der Waals surface area (Å²) in [5.41, 5.74) is -18.4. The number of carbonyl (C=O) groups is 1. The molecule has 0 amide bonds. The van der Waals surface area contributed by atoms with Crippen molar-refractivity contribution in [2.75, 3.05) is 33.0 Å². The maximum atomic E-state index is 14.2. The predicted molar refractivity (Wildman–Crippen MR) is 160 cm³/mol. The Labute approximate surface area is 381 Å². The topological polar surface area (TPSA) is 81.7 Å². The van der Waals surface area contributed by atoms with Gasteiger partial charge >= 0.3 is 102 Å². The van der Waals surface area contributed by atoms with Gasteiger partial charge in [-0.25, -0.2) is 0 Å². The van der Waals surface area contributed by atoms with E-state index in [0.29, 0.717) is 6.92 Å². The largest absolute Gasteiger partial charge is 0.465 e. The Morgan fingerprint density at radius 3 is 0.808 bits per heavy atom. The van der Waals surface area contributed by atoms with E-state index in [4.69, 9.17) is 4.74 Å². The summed E-state index contributed by atoms with van der Waals surface area (Å²) in [5, 5.41) is 0. The Bertz CT molecular complexity index is 1630. The zero-order valence-electron chi connectivity index (χ0n) is 35.3. The van der Waals surface area contributed by atoms with Crippen LogP contribution in [0.25, 0.3) is 0 Å². The SMILES string of the molecule is CCC(C)(C)C(=O)OCCCC(C)(OCCOC(F)(F)C(F)(F)C(F)(F)C(F)(F)OC(C(F)(F)F)(C(F)(F)F)C(F)(F)F)OCCOC(F)(F)C(F)(F)C(F)(F)C(F)(F)OC(C(F)(F)F)(C(F)(F)F)C(F)(F)F. The molecule has 0 aliphatic carbocycles. The van der Waals surface area contributed by atoms with Crippen LogP contribution in [0.5, 0.6) is 0 Å². The van der Waals surface area contributed by atoms with E-state index in [9.17, 15) is 154 Å². The summed E-state index contributed by atoms with van der Waals surface area (Å²) in [6.07, 6.45) is -84.2. The molecule has 0 bridgehead atoms. The lowest BCUT2D eigenvalue weighted by Gasteiger charge is -2.43. The maximum absolute atomic E-state index is 14.2. The Balaban J connectivity index is 6.71. The molecule has 8 nitrogen and oxygen atoms in total. The highest BCUT2D eigenvalue weighted by atomic mass is 19.5. The fourth-order valence-corrected chi connectivity index (χ4v) is 4.68. The molecule has 0 saturated heterocycles. The zero-order chi connectivity index (χ0) is 59.2. The van der Waals surface area contributed by atoms with Crippen LogP contribution in [-0.4, -0.2) is 141 Å². The minimum Gasteiger partial charge on any atom is -0.465 e. The van der Waals surface area contributed by atoms with Crippen molar-refractivity contribution in [1.82, 2.24) is 0 Å². The lowest BCUT2D eigenvalue weighted by atomic mass is 9.91. The third kappa shape index (κ3) is 13.3. The van der Waals surface area contributed by atoms with Gasteiger partial charge in [-0.1, -0.05) is 6.92 Å². The standard InChI is InChI=1S/C31H28F34O8/c1-5-14(2,3)13(66)67-8-6-7-15(4,68-9-11-70-28(58,59)18(32,33)20(36,37)30(62,63)72-16(22(40,41)42,23(43,44)45)24(46,47)48)69-10-12-71-29(60,61)19(34,35)21(38,39)31(64,65)73-17(25(49,50)51,26(52,53)54)27(55,56)57/h5-12H2,1-4H3. The molecule has 0 aromatic carbocycles. The van der Waals surface area contributed by atoms with Gasteiger partial charge < -0.3 is 23.7 Å². The molecule has 0 heterocycles. The minimum absolute atomic E-state index is 0.0290. The Morgan fingerprint density at radius 1 is 0.342 bits per heavy atom. The summed E-state index contributed by atoms with van der Waals surface area (Å²) in [6.45, 7) is -5.96. The second-order valence-electron chi connectivity index (χ2n) is 14.9. The molecule has 0 fully saturated rings. The number of carbonyl (C=O) groups excluding carboxylic acids is 1. The number of rotatable bonds is 26. The first kappa shape index (κ1) is 69.8.